The van der Waals surface area contributed by atoms with Crippen LogP contribution < -0.4 is 0 Å². The van der Waals surface area contributed by atoms with Crippen molar-refractivity contribution in [3.8, 4) is 0 Å². The fraction of sp³-hybridized carbons (Fsp3) is 0.750. The molecule has 2 heterocycles. The first-order valence-corrected chi connectivity index (χ1v) is 3.83. The molecule has 0 aromatic heterocycles. The Morgan fingerprint density at radius 1 is 1.00 bits per heavy atom. The Bertz CT molecular complexity index is 159. The first-order valence-electron chi connectivity index (χ1n) is 3.83. The highest BCUT2D eigenvalue weighted by Crippen LogP contribution is 2.45. The van der Waals surface area contributed by atoms with Gasteiger partial charge in [0.05, 0.1) is 13.1 Å². The maximum atomic E-state index is 2.28. The third-order valence-electron chi connectivity index (χ3n) is 3.09. The summed E-state index contributed by atoms with van der Waals surface area (Å²) in [6, 6.07) is 0. The molecular weight excluding hydrogens is 110 g/mol. The molecule has 1 fully saturated rings. The number of rotatable bonds is 0. The topological polar surface area (TPSA) is 0 Å². The van der Waals surface area contributed by atoms with Crippen LogP contribution in [0.25, 0.3) is 0 Å². The Labute approximate surface area is 56.6 Å². The number of nitrogens with zero attached hydrogens (tertiary/aromatic N) is 1. The zero-order chi connectivity index (χ0) is 6.48. The van der Waals surface area contributed by atoms with E-state index in [1.165, 1.54) is 30.4 Å². The van der Waals surface area contributed by atoms with Crippen molar-refractivity contribution in [1.29, 1.82) is 0 Å². The molecule has 0 N–H and O–H groups in total. The van der Waals surface area contributed by atoms with E-state index >= 15 is 0 Å². The average Bonchev–Trinajstić information content (AvgIpc) is 2.44. The standard InChI is InChI=1S/C8H14N/c1-7-8(2)9(7)5-3-4-6-9/h3-6H2,1-2H3/q+1. The van der Waals surface area contributed by atoms with Crippen LogP contribution in [0.5, 0.6) is 0 Å². The minimum Gasteiger partial charge on any atom is -0.257 e. The maximum absolute atomic E-state index is 2.28. The Hall–Kier alpha value is -0.300. The van der Waals surface area contributed by atoms with Gasteiger partial charge in [-0.25, -0.2) is 0 Å². The average molecular weight is 124 g/mol. The molecule has 2 aliphatic heterocycles. The van der Waals surface area contributed by atoms with Gasteiger partial charge in [-0.15, -0.1) is 0 Å². The molecule has 1 heteroatoms. The predicted octanol–water partition coefficient (Wildman–Crippen LogP) is 1.86. The Morgan fingerprint density at radius 2 is 1.44 bits per heavy atom. The Morgan fingerprint density at radius 3 is 1.67 bits per heavy atom. The van der Waals surface area contributed by atoms with Crippen molar-refractivity contribution in [2.75, 3.05) is 13.1 Å². The van der Waals surface area contributed by atoms with Gasteiger partial charge in [-0.05, 0) is 0 Å². The second-order valence-corrected chi connectivity index (χ2v) is 3.29. The van der Waals surface area contributed by atoms with E-state index in [0.717, 1.165) is 0 Å². The van der Waals surface area contributed by atoms with Crippen LogP contribution in [-0.4, -0.2) is 17.6 Å². The predicted molar refractivity (Wildman–Crippen MR) is 37.6 cm³/mol. The number of quaternary nitrogens is 1. The monoisotopic (exact) mass is 124 g/mol. The summed E-state index contributed by atoms with van der Waals surface area (Å²) in [5, 5.41) is 0. The minimum atomic E-state index is 1.31. The van der Waals surface area contributed by atoms with E-state index in [0.29, 0.717) is 0 Å². The fourth-order valence-corrected chi connectivity index (χ4v) is 2.16. The highest BCUT2D eigenvalue weighted by Gasteiger charge is 2.51. The molecule has 2 rings (SSSR count). The van der Waals surface area contributed by atoms with Crippen LogP contribution in [0.3, 0.4) is 0 Å². The van der Waals surface area contributed by atoms with Gasteiger partial charge in [0, 0.05) is 26.7 Å². The molecule has 1 spiro atoms. The summed E-state index contributed by atoms with van der Waals surface area (Å²) in [6.07, 6.45) is 2.88. The van der Waals surface area contributed by atoms with Gasteiger partial charge in [0.15, 0.2) is 11.4 Å². The van der Waals surface area contributed by atoms with Crippen molar-refractivity contribution < 1.29 is 4.48 Å². The molecule has 0 saturated carbocycles. The Kier molecular flexibility index (Phi) is 0.854. The van der Waals surface area contributed by atoms with E-state index in [9.17, 15) is 0 Å². The van der Waals surface area contributed by atoms with Crippen LogP contribution >= 0.6 is 0 Å². The minimum absolute atomic E-state index is 1.31. The van der Waals surface area contributed by atoms with E-state index < -0.39 is 0 Å². The zero-order valence-corrected chi connectivity index (χ0v) is 6.28. The number of hydrogen-bond acceptors (Lipinski definition) is 0. The van der Waals surface area contributed by atoms with Gasteiger partial charge in [-0.2, -0.15) is 0 Å². The van der Waals surface area contributed by atoms with Crippen molar-refractivity contribution in [2.45, 2.75) is 26.7 Å². The second-order valence-electron chi connectivity index (χ2n) is 3.29. The third-order valence-corrected chi connectivity index (χ3v) is 3.09. The first kappa shape index (κ1) is 5.48. The van der Waals surface area contributed by atoms with Crippen LogP contribution in [-0.2, 0) is 0 Å². The largest absolute Gasteiger partial charge is 0.257 e. The third kappa shape index (κ3) is 0.485. The smallest absolute Gasteiger partial charge is 0.168 e. The molecule has 0 aromatic rings. The molecule has 2 aliphatic rings. The Balaban J connectivity index is 2.16. The molecule has 0 aliphatic carbocycles. The summed E-state index contributed by atoms with van der Waals surface area (Å²) in [5.74, 6) is 0. The van der Waals surface area contributed by atoms with Gasteiger partial charge in [0.25, 0.3) is 0 Å². The van der Waals surface area contributed by atoms with Gasteiger partial charge in [0.1, 0.15) is 0 Å². The van der Waals surface area contributed by atoms with Crippen molar-refractivity contribution in [2.24, 2.45) is 0 Å². The van der Waals surface area contributed by atoms with Gasteiger partial charge in [-0.1, -0.05) is 0 Å². The number of allylic oxidation sites excluding steroid dienone is 2. The van der Waals surface area contributed by atoms with Crippen LogP contribution in [0.15, 0.2) is 11.4 Å². The zero-order valence-electron chi connectivity index (χ0n) is 6.28. The van der Waals surface area contributed by atoms with E-state index in [2.05, 4.69) is 13.8 Å². The van der Waals surface area contributed by atoms with Crippen molar-refractivity contribution in [1.82, 2.24) is 0 Å². The molecule has 50 valence electrons. The van der Waals surface area contributed by atoms with Crippen molar-refractivity contribution in [3.05, 3.63) is 11.4 Å². The lowest BCUT2D eigenvalue weighted by Crippen LogP contribution is -2.24. The van der Waals surface area contributed by atoms with Crippen LogP contribution in [0, 0.1) is 0 Å². The number of hydrogen-bond donors (Lipinski definition) is 0. The SMILES string of the molecule is CC1=C(C)[N+]12CCCC2. The van der Waals surface area contributed by atoms with Crippen LogP contribution in [0.1, 0.15) is 26.7 Å². The lowest BCUT2D eigenvalue weighted by Gasteiger charge is -2.11. The molecule has 0 bridgehead atoms. The van der Waals surface area contributed by atoms with Crippen molar-refractivity contribution >= 4 is 0 Å². The van der Waals surface area contributed by atoms with E-state index in [1.54, 1.807) is 11.4 Å². The molecule has 0 amide bonds. The maximum Gasteiger partial charge on any atom is 0.168 e. The van der Waals surface area contributed by atoms with Crippen molar-refractivity contribution in [3.63, 3.8) is 0 Å². The van der Waals surface area contributed by atoms with Crippen LogP contribution in [0.2, 0.25) is 0 Å². The molecule has 1 saturated heterocycles. The highest BCUT2D eigenvalue weighted by molar-refractivity contribution is 5.14. The molecule has 0 aromatic carbocycles. The molecular formula is C8H14N+. The van der Waals surface area contributed by atoms with E-state index in [-0.39, 0.29) is 0 Å². The molecule has 9 heavy (non-hydrogen) atoms. The first-order chi connectivity index (χ1) is 4.27. The summed E-state index contributed by atoms with van der Waals surface area (Å²) in [4.78, 5) is 0. The quantitative estimate of drug-likeness (QED) is 0.432. The summed E-state index contributed by atoms with van der Waals surface area (Å²) in [5.41, 5.74) is 3.29. The summed E-state index contributed by atoms with van der Waals surface area (Å²) in [6.45, 7) is 7.36. The normalized spacial score (nSPS) is 30.0. The molecule has 0 unspecified atom stereocenters. The van der Waals surface area contributed by atoms with Gasteiger partial charge in [0.2, 0.25) is 0 Å². The summed E-state index contributed by atoms with van der Waals surface area (Å²) >= 11 is 0. The molecule has 0 atom stereocenters. The lowest BCUT2D eigenvalue weighted by molar-refractivity contribution is -0.773. The summed E-state index contributed by atoms with van der Waals surface area (Å²) < 4.78 is 1.31. The van der Waals surface area contributed by atoms with Gasteiger partial charge >= 0.3 is 0 Å². The van der Waals surface area contributed by atoms with Crippen LogP contribution in [0.4, 0.5) is 0 Å². The van der Waals surface area contributed by atoms with Gasteiger partial charge < -0.3 is 0 Å². The summed E-state index contributed by atoms with van der Waals surface area (Å²) in [7, 11) is 0. The molecule has 0 radical (unpaired) electrons. The lowest BCUT2D eigenvalue weighted by atomic mass is 10.4. The second kappa shape index (κ2) is 1.40. The fourth-order valence-electron chi connectivity index (χ4n) is 2.16. The highest BCUT2D eigenvalue weighted by atomic mass is 15.5. The van der Waals surface area contributed by atoms with E-state index in [1.807, 2.05) is 0 Å². The van der Waals surface area contributed by atoms with E-state index in [4.69, 9.17) is 0 Å². The van der Waals surface area contributed by atoms with Gasteiger partial charge in [-0.3, -0.25) is 4.48 Å². The molecule has 1 nitrogen and oxygen atoms in total.